The molecule has 1 saturated heterocycles. The lowest BCUT2D eigenvalue weighted by atomic mass is 10.2. The van der Waals surface area contributed by atoms with Crippen LogP contribution >= 0.6 is 23.4 Å². The van der Waals surface area contributed by atoms with E-state index in [1.54, 1.807) is 6.07 Å². The minimum atomic E-state index is -0.458. The molecule has 0 aliphatic carbocycles. The fourth-order valence-electron chi connectivity index (χ4n) is 2.88. The fourth-order valence-corrected chi connectivity index (χ4v) is 3.89. The van der Waals surface area contributed by atoms with Gasteiger partial charge in [-0.05, 0) is 23.8 Å². The first kappa shape index (κ1) is 20.1. The van der Waals surface area contributed by atoms with E-state index >= 15 is 0 Å². The number of amides is 1. The lowest BCUT2D eigenvalue weighted by Gasteiger charge is -2.33. The summed E-state index contributed by atoms with van der Waals surface area (Å²) in [5, 5.41) is 2.98. The molecule has 1 fully saturated rings. The van der Waals surface area contributed by atoms with Crippen LogP contribution in [-0.4, -0.2) is 48.9 Å². The summed E-state index contributed by atoms with van der Waals surface area (Å²) in [4.78, 5) is 15.2. The highest BCUT2D eigenvalue weighted by molar-refractivity contribution is 8.00. The molecule has 1 heterocycles. The van der Waals surface area contributed by atoms with Gasteiger partial charge in [-0.2, -0.15) is 0 Å². The molecular formula is C20H22ClFN2O2S. The Labute approximate surface area is 168 Å². The average Bonchev–Trinajstić information content (AvgIpc) is 2.68. The monoisotopic (exact) mass is 408 g/mol. The van der Waals surface area contributed by atoms with Gasteiger partial charge in [0.2, 0.25) is 5.91 Å². The molecule has 1 aliphatic rings. The van der Waals surface area contributed by atoms with Crippen LogP contribution in [0.5, 0.6) is 0 Å². The van der Waals surface area contributed by atoms with Crippen LogP contribution in [0.25, 0.3) is 0 Å². The second-order valence-corrected chi connectivity index (χ2v) is 7.84. The lowest BCUT2D eigenvalue weighted by molar-refractivity contribution is -0.119. The molecule has 0 aromatic heterocycles. The molecule has 1 aliphatic heterocycles. The number of rotatable bonds is 7. The molecule has 0 saturated carbocycles. The van der Waals surface area contributed by atoms with Crippen LogP contribution in [0, 0.1) is 5.82 Å². The summed E-state index contributed by atoms with van der Waals surface area (Å²) >= 11 is 7.08. The third kappa shape index (κ3) is 6.50. The Morgan fingerprint density at radius 2 is 2.11 bits per heavy atom. The van der Waals surface area contributed by atoms with E-state index in [0.717, 1.165) is 24.5 Å². The maximum atomic E-state index is 13.2. The predicted octanol–water partition coefficient (Wildman–Crippen LogP) is 3.59. The van der Waals surface area contributed by atoms with Gasteiger partial charge in [-0.25, -0.2) is 4.39 Å². The van der Waals surface area contributed by atoms with Crippen LogP contribution in [-0.2, 0) is 16.1 Å². The first-order valence-corrected chi connectivity index (χ1v) is 10.2. The molecule has 1 amide bonds. The summed E-state index contributed by atoms with van der Waals surface area (Å²) in [6.07, 6.45) is -0.0170. The first-order chi connectivity index (χ1) is 13.1. The zero-order valence-electron chi connectivity index (χ0n) is 14.9. The van der Waals surface area contributed by atoms with E-state index in [1.165, 1.54) is 29.5 Å². The molecule has 1 N–H and O–H groups in total. The number of carbonyl (C=O) groups excluding carboxylic acids is 1. The van der Waals surface area contributed by atoms with Gasteiger partial charge in [-0.3, -0.25) is 9.69 Å². The molecule has 1 unspecified atom stereocenters. The van der Waals surface area contributed by atoms with Gasteiger partial charge in [0.1, 0.15) is 5.82 Å². The standard InChI is InChI=1S/C20H22ClFN2O2S/c21-18-10-17(6-7-19(18)22)27-14-20(25)23-11-16-13-24(8-9-26-16)12-15-4-2-1-3-5-15/h1-7,10,16H,8-9,11-14H2,(H,23,25). The molecule has 2 aromatic rings. The molecule has 0 bridgehead atoms. The van der Waals surface area contributed by atoms with Crippen LogP contribution in [0.3, 0.4) is 0 Å². The van der Waals surface area contributed by atoms with Crippen LogP contribution in [0.15, 0.2) is 53.4 Å². The van der Waals surface area contributed by atoms with Crippen LogP contribution in [0.1, 0.15) is 5.56 Å². The van der Waals surface area contributed by atoms with Gasteiger partial charge in [0.15, 0.2) is 0 Å². The Hall–Kier alpha value is -1.60. The zero-order valence-corrected chi connectivity index (χ0v) is 16.4. The molecular weight excluding hydrogens is 387 g/mol. The Morgan fingerprint density at radius 1 is 1.30 bits per heavy atom. The second kappa shape index (κ2) is 10.1. The fraction of sp³-hybridized carbons (Fsp3) is 0.350. The predicted molar refractivity (Wildman–Crippen MR) is 107 cm³/mol. The summed E-state index contributed by atoms with van der Waals surface area (Å²) in [6.45, 7) is 3.71. The van der Waals surface area contributed by atoms with E-state index in [-0.39, 0.29) is 22.8 Å². The van der Waals surface area contributed by atoms with E-state index in [4.69, 9.17) is 16.3 Å². The highest BCUT2D eigenvalue weighted by Gasteiger charge is 2.21. The minimum Gasteiger partial charge on any atom is -0.374 e. The normalized spacial score (nSPS) is 17.6. The van der Waals surface area contributed by atoms with E-state index in [1.807, 2.05) is 18.2 Å². The van der Waals surface area contributed by atoms with Crippen LogP contribution in [0.2, 0.25) is 5.02 Å². The van der Waals surface area contributed by atoms with Crippen molar-refractivity contribution in [1.82, 2.24) is 10.2 Å². The number of benzene rings is 2. The summed E-state index contributed by atoms with van der Waals surface area (Å²) in [7, 11) is 0. The van der Waals surface area contributed by atoms with Crippen molar-refractivity contribution in [3.05, 3.63) is 64.9 Å². The molecule has 27 heavy (non-hydrogen) atoms. The van der Waals surface area contributed by atoms with Crippen LogP contribution in [0.4, 0.5) is 4.39 Å². The molecule has 144 valence electrons. The van der Waals surface area contributed by atoms with E-state index in [9.17, 15) is 9.18 Å². The number of thioether (sulfide) groups is 1. The quantitative estimate of drug-likeness (QED) is 0.711. The summed E-state index contributed by atoms with van der Waals surface area (Å²) in [6, 6.07) is 14.8. The first-order valence-electron chi connectivity index (χ1n) is 8.82. The van der Waals surface area contributed by atoms with Crippen molar-refractivity contribution < 1.29 is 13.9 Å². The number of ether oxygens (including phenoxy) is 1. The maximum Gasteiger partial charge on any atom is 0.230 e. The Kier molecular flexibility index (Phi) is 7.52. The molecule has 3 rings (SSSR count). The molecule has 0 radical (unpaired) electrons. The van der Waals surface area contributed by atoms with Gasteiger partial charge in [-0.1, -0.05) is 41.9 Å². The van der Waals surface area contributed by atoms with E-state index < -0.39 is 5.82 Å². The van der Waals surface area contributed by atoms with Crippen molar-refractivity contribution in [2.75, 3.05) is 32.0 Å². The number of halogens is 2. The summed E-state index contributed by atoms with van der Waals surface area (Å²) < 4.78 is 18.9. The number of morpholine rings is 1. The third-order valence-electron chi connectivity index (χ3n) is 4.26. The van der Waals surface area contributed by atoms with Crippen molar-refractivity contribution in [2.24, 2.45) is 0 Å². The number of hydrogen-bond acceptors (Lipinski definition) is 4. The Bertz CT molecular complexity index is 763. The topological polar surface area (TPSA) is 41.6 Å². The van der Waals surface area contributed by atoms with Crippen molar-refractivity contribution in [3.63, 3.8) is 0 Å². The van der Waals surface area contributed by atoms with Crippen LogP contribution < -0.4 is 5.32 Å². The molecule has 0 spiro atoms. The van der Waals surface area contributed by atoms with Crippen molar-refractivity contribution in [2.45, 2.75) is 17.5 Å². The number of carbonyl (C=O) groups is 1. The summed E-state index contributed by atoms with van der Waals surface area (Å²) in [5.41, 5.74) is 1.27. The van der Waals surface area contributed by atoms with Gasteiger partial charge in [0.25, 0.3) is 0 Å². The number of nitrogens with one attached hydrogen (secondary N) is 1. The van der Waals surface area contributed by atoms with Gasteiger partial charge >= 0.3 is 0 Å². The third-order valence-corrected chi connectivity index (χ3v) is 5.54. The highest BCUT2D eigenvalue weighted by atomic mass is 35.5. The Balaban J connectivity index is 1.39. The summed E-state index contributed by atoms with van der Waals surface area (Å²) in [5.74, 6) is -0.285. The van der Waals surface area contributed by atoms with Crippen molar-refractivity contribution in [1.29, 1.82) is 0 Å². The SMILES string of the molecule is O=C(CSc1ccc(F)c(Cl)c1)NCC1CN(Cc2ccccc2)CCO1. The molecule has 7 heteroatoms. The van der Waals surface area contributed by atoms with Gasteiger partial charge < -0.3 is 10.1 Å². The van der Waals surface area contributed by atoms with E-state index in [0.29, 0.717) is 13.2 Å². The molecule has 2 aromatic carbocycles. The highest BCUT2D eigenvalue weighted by Crippen LogP contribution is 2.23. The Morgan fingerprint density at radius 3 is 2.89 bits per heavy atom. The lowest BCUT2D eigenvalue weighted by Crippen LogP contribution is -2.47. The number of nitrogens with zero attached hydrogens (tertiary/aromatic N) is 1. The number of hydrogen-bond donors (Lipinski definition) is 1. The average molecular weight is 409 g/mol. The van der Waals surface area contributed by atoms with Gasteiger partial charge in [0.05, 0.1) is 23.5 Å². The van der Waals surface area contributed by atoms with Gasteiger partial charge in [-0.15, -0.1) is 11.8 Å². The van der Waals surface area contributed by atoms with Gasteiger partial charge in [0, 0.05) is 31.1 Å². The van der Waals surface area contributed by atoms with Crippen molar-refractivity contribution in [3.8, 4) is 0 Å². The molecule has 4 nitrogen and oxygen atoms in total. The second-order valence-electron chi connectivity index (χ2n) is 6.38. The maximum absolute atomic E-state index is 13.2. The molecule has 1 atom stereocenters. The largest absolute Gasteiger partial charge is 0.374 e. The van der Waals surface area contributed by atoms with Crippen molar-refractivity contribution >= 4 is 29.3 Å². The smallest absolute Gasteiger partial charge is 0.230 e. The van der Waals surface area contributed by atoms with E-state index in [2.05, 4.69) is 22.3 Å². The minimum absolute atomic E-state index is 0.0170. The zero-order chi connectivity index (χ0) is 19.1.